The lowest BCUT2D eigenvalue weighted by Crippen LogP contribution is -2.49. The predicted octanol–water partition coefficient (Wildman–Crippen LogP) is 1.99. The monoisotopic (exact) mass is 322 g/mol. The number of benzene rings is 1. The Morgan fingerprint density at radius 2 is 1.71 bits per heavy atom. The van der Waals surface area contributed by atoms with E-state index in [1.165, 1.54) is 24.3 Å². The van der Waals surface area contributed by atoms with Crippen molar-refractivity contribution in [1.29, 1.82) is 0 Å². The summed E-state index contributed by atoms with van der Waals surface area (Å²) in [7, 11) is -4.15. The minimum atomic E-state index is -4.56. The van der Waals surface area contributed by atoms with Crippen LogP contribution in [0.1, 0.15) is 12.8 Å². The van der Waals surface area contributed by atoms with Gasteiger partial charge in [0.05, 0.1) is 4.90 Å². The van der Waals surface area contributed by atoms with Gasteiger partial charge in [0.1, 0.15) is 6.54 Å². The highest BCUT2D eigenvalue weighted by molar-refractivity contribution is 7.89. The van der Waals surface area contributed by atoms with Crippen LogP contribution in [0.3, 0.4) is 0 Å². The summed E-state index contributed by atoms with van der Waals surface area (Å²) in [6.45, 7) is -0.415. The quantitative estimate of drug-likeness (QED) is 0.922. The van der Waals surface area contributed by atoms with Crippen molar-refractivity contribution in [2.45, 2.75) is 30.0 Å². The second-order valence-electron chi connectivity index (χ2n) is 4.96. The molecule has 1 aromatic carbocycles. The van der Waals surface area contributed by atoms with Crippen molar-refractivity contribution in [3.63, 3.8) is 0 Å². The molecule has 1 fully saturated rings. The van der Waals surface area contributed by atoms with E-state index in [9.17, 15) is 21.6 Å². The molecule has 1 aliphatic heterocycles. The fourth-order valence-corrected chi connectivity index (χ4v) is 4.10. The van der Waals surface area contributed by atoms with Crippen LogP contribution in [0.15, 0.2) is 35.2 Å². The summed E-state index contributed by atoms with van der Waals surface area (Å²) in [6, 6.07) is 6.64. The van der Waals surface area contributed by atoms with E-state index in [0.717, 1.165) is 0 Å². The van der Waals surface area contributed by atoms with Crippen molar-refractivity contribution in [2.24, 2.45) is 0 Å². The number of hydrogen-bond donors (Lipinski definition) is 1. The van der Waals surface area contributed by atoms with E-state index in [2.05, 4.69) is 5.32 Å². The molecular weight excluding hydrogens is 305 g/mol. The molecule has 0 radical (unpaired) electrons. The summed E-state index contributed by atoms with van der Waals surface area (Å²) < 4.78 is 64.0. The van der Waals surface area contributed by atoms with Crippen LogP contribution < -0.4 is 5.32 Å². The third-order valence-corrected chi connectivity index (χ3v) is 5.31. The molecule has 0 unspecified atom stereocenters. The van der Waals surface area contributed by atoms with Gasteiger partial charge >= 0.3 is 6.18 Å². The minimum Gasteiger partial charge on any atom is -0.317 e. The fourth-order valence-electron chi connectivity index (χ4n) is 2.41. The lowest BCUT2D eigenvalue weighted by Gasteiger charge is -2.34. The van der Waals surface area contributed by atoms with Crippen LogP contribution in [0, 0.1) is 0 Å². The first kappa shape index (κ1) is 16.3. The molecule has 4 nitrogen and oxygen atoms in total. The van der Waals surface area contributed by atoms with E-state index < -0.39 is 28.8 Å². The van der Waals surface area contributed by atoms with Crippen LogP contribution in [-0.4, -0.2) is 44.6 Å². The summed E-state index contributed by atoms with van der Waals surface area (Å²) in [6.07, 6.45) is -3.81. The third-order valence-electron chi connectivity index (χ3n) is 3.40. The number of nitrogens with zero attached hydrogens (tertiary/aromatic N) is 1. The molecule has 0 bridgehead atoms. The highest BCUT2D eigenvalue weighted by Gasteiger charge is 2.41. The van der Waals surface area contributed by atoms with Gasteiger partial charge in [0.15, 0.2) is 0 Å². The summed E-state index contributed by atoms with van der Waals surface area (Å²) in [5, 5.41) is 3.02. The molecule has 2 rings (SSSR count). The molecule has 0 aromatic heterocycles. The van der Waals surface area contributed by atoms with Gasteiger partial charge < -0.3 is 5.32 Å². The number of nitrogens with one attached hydrogen (secondary N) is 1. The fraction of sp³-hybridized carbons (Fsp3) is 0.538. The molecule has 1 aliphatic rings. The summed E-state index contributed by atoms with van der Waals surface area (Å²) in [5.74, 6) is 0. The molecule has 1 aromatic rings. The second kappa shape index (κ2) is 6.33. The van der Waals surface area contributed by atoms with Gasteiger partial charge in [-0.3, -0.25) is 0 Å². The molecule has 8 heteroatoms. The molecule has 1 saturated heterocycles. The molecule has 1 heterocycles. The first-order valence-electron chi connectivity index (χ1n) is 6.65. The van der Waals surface area contributed by atoms with Crippen LogP contribution in [-0.2, 0) is 10.0 Å². The highest BCUT2D eigenvalue weighted by Crippen LogP contribution is 2.27. The minimum absolute atomic E-state index is 0.104. The Balaban J connectivity index is 2.34. The molecule has 21 heavy (non-hydrogen) atoms. The average Bonchev–Trinajstić information content (AvgIpc) is 2.46. The van der Waals surface area contributed by atoms with Gasteiger partial charge in [-0.15, -0.1) is 0 Å². The van der Waals surface area contributed by atoms with Crippen LogP contribution in [0.4, 0.5) is 13.2 Å². The van der Waals surface area contributed by atoms with Gasteiger partial charge in [0.2, 0.25) is 10.0 Å². The van der Waals surface area contributed by atoms with Gasteiger partial charge in [-0.05, 0) is 38.1 Å². The first-order valence-corrected chi connectivity index (χ1v) is 8.09. The maximum Gasteiger partial charge on any atom is 0.402 e. The normalized spacial score (nSPS) is 18.1. The zero-order chi connectivity index (χ0) is 15.5. The smallest absolute Gasteiger partial charge is 0.317 e. The number of halogens is 3. The topological polar surface area (TPSA) is 49.4 Å². The molecule has 1 N–H and O–H groups in total. The van der Waals surface area contributed by atoms with Gasteiger partial charge in [0.25, 0.3) is 0 Å². The van der Waals surface area contributed by atoms with Crippen molar-refractivity contribution in [2.75, 3.05) is 19.6 Å². The number of alkyl halides is 3. The molecule has 0 atom stereocenters. The van der Waals surface area contributed by atoms with E-state index in [4.69, 9.17) is 0 Å². The zero-order valence-electron chi connectivity index (χ0n) is 11.3. The predicted molar refractivity (Wildman–Crippen MR) is 72.3 cm³/mol. The summed E-state index contributed by atoms with van der Waals surface area (Å²) >= 11 is 0. The Bertz CT molecular complexity index is 555. The first-order chi connectivity index (χ1) is 9.81. The van der Waals surface area contributed by atoms with E-state index >= 15 is 0 Å². The van der Waals surface area contributed by atoms with E-state index in [1.807, 2.05) is 0 Å². The van der Waals surface area contributed by atoms with Gasteiger partial charge in [-0.25, -0.2) is 8.42 Å². The van der Waals surface area contributed by atoms with Crippen LogP contribution >= 0.6 is 0 Å². The van der Waals surface area contributed by atoms with Crippen LogP contribution in [0.5, 0.6) is 0 Å². The number of sulfonamides is 1. The summed E-state index contributed by atoms with van der Waals surface area (Å²) in [5.41, 5.74) is 0. The summed E-state index contributed by atoms with van der Waals surface area (Å²) in [4.78, 5) is -0.104. The van der Waals surface area contributed by atoms with Crippen molar-refractivity contribution in [3.8, 4) is 0 Å². The molecule has 0 aliphatic carbocycles. The Morgan fingerprint density at radius 1 is 1.14 bits per heavy atom. The Kier molecular flexibility index (Phi) is 4.90. The number of piperidine rings is 1. The SMILES string of the molecule is O=S(=O)(c1ccccc1)N(CC(F)(F)F)C1CCNCC1. The zero-order valence-corrected chi connectivity index (χ0v) is 12.1. The maximum absolute atomic E-state index is 12.8. The van der Waals surface area contributed by atoms with Gasteiger partial charge in [0, 0.05) is 6.04 Å². The molecular formula is C13H17F3N2O2S. The lowest BCUT2D eigenvalue weighted by molar-refractivity contribution is -0.140. The van der Waals surface area contributed by atoms with Gasteiger partial charge in [-0.2, -0.15) is 17.5 Å². The Labute approximate surface area is 122 Å². The molecule has 0 saturated carbocycles. The number of rotatable bonds is 4. The Morgan fingerprint density at radius 3 is 2.24 bits per heavy atom. The van der Waals surface area contributed by atoms with Gasteiger partial charge in [-0.1, -0.05) is 18.2 Å². The van der Waals surface area contributed by atoms with Crippen molar-refractivity contribution in [3.05, 3.63) is 30.3 Å². The standard InChI is InChI=1S/C13H17F3N2O2S/c14-13(15,16)10-18(11-6-8-17-9-7-11)21(19,20)12-4-2-1-3-5-12/h1-5,11,17H,6-10H2. The van der Waals surface area contributed by atoms with E-state index in [-0.39, 0.29) is 4.90 Å². The molecule has 118 valence electrons. The van der Waals surface area contributed by atoms with Crippen LogP contribution in [0.25, 0.3) is 0 Å². The highest BCUT2D eigenvalue weighted by atomic mass is 32.2. The van der Waals surface area contributed by atoms with Crippen molar-refractivity contribution < 1.29 is 21.6 Å². The van der Waals surface area contributed by atoms with Crippen molar-refractivity contribution in [1.82, 2.24) is 9.62 Å². The van der Waals surface area contributed by atoms with E-state index in [1.54, 1.807) is 6.07 Å². The molecule has 0 amide bonds. The third kappa shape index (κ3) is 4.18. The molecule has 0 spiro atoms. The Hall–Kier alpha value is -1.12. The second-order valence-corrected chi connectivity index (χ2v) is 6.85. The van der Waals surface area contributed by atoms with Crippen molar-refractivity contribution >= 4 is 10.0 Å². The van der Waals surface area contributed by atoms with Crippen LogP contribution in [0.2, 0.25) is 0 Å². The number of hydrogen-bond acceptors (Lipinski definition) is 3. The lowest BCUT2D eigenvalue weighted by atomic mass is 10.1. The largest absolute Gasteiger partial charge is 0.402 e. The average molecular weight is 322 g/mol. The van der Waals surface area contributed by atoms with E-state index in [0.29, 0.717) is 30.2 Å². The maximum atomic E-state index is 12.8.